The molecule has 1 aliphatic rings. The molecule has 0 amide bonds. The van der Waals surface area contributed by atoms with Crippen LogP contribution in [0.4, 0.5) is 11.5 Å². The molecule has 0 atom stereocenters. The van der Waals surface area contributed by atoms with E-state index in [1.807, 2.05) is 25.1 Å². The summed E-state index contributed by atoms with van der Waals surface area (Å²) in [6.07, 6.45) is 2.25. The van der Waals surface area contributed by atoms with Crippen molar-refractivity contribution in [3.8, 4) is 11.8 Å². The van der Waals surface area contributed by atoms with Crippen LogP contribution in [0.1, 0.15) is 29.7 Å². The monoisotopic (exact) mass is 384 g/mol. The second-order valence-corrected chi connectivity index (χ2v) is 8.95. The largest absolute Gasteiger partial charge is 0.383 e. The van der Waals surface area contributed by atoms with Crippen LogP contribution in [-0.2, 0) is 10.0 Å². The minimum absolute atomic E-state index is 0.231. The molecule has 27 heavy (non-hydrogen) atoms. The zero-order valence-corrected chi connectivity index (χ0v) is 16.7. The summed E-state index contributed by atoms with van der Waals surface area (Å²) >= 11 is 0. The first-order valence-corrected chi connectivity index (χ1v) is 10.3. The number of nitrogens with two attached hydrogens (primary N) is 1. The van der Waals surface area contributed by atoms with Gasteiger partial charge in [-0.2, -0.15) is 0 Å². The van der Waals surface area contributed by atoms with Gasteiger partial charge in [0.1, 0.15) is 5.82 Å². The predicted octanol–water partition coefficient (Wildman–Crippen LogP) is 2.22. The van der Waals surface area contributed by atoms with Crippen molar-refractivity contribution in [1.29, 1.82) is 0 Å². The number of anilines is 2. The molecule has 2 heterocycles. The third kappa shape index (κ3) is 4.07. The van der Waals surface area contributed by atoms with Crippen molar-refractivity contribution in [3.63, 3.8) is 0 Å². The molecule has 0 saturated carbocycles. The van der Waals surface area contributed by atoms with Crippen LogP contribution in [0.3, 0.4) is 0 Å². The Hall–Kier alpha value is -2.56. The lowest BCUT2D eigenvalue weighted by molar-refractivity contribution is 0.520. The van der Waals surface area contributed by atoms with E-state index in [1.54, 1.807) is 12.1 Å². The first kappa shape index (κ1) is 19.2. The van der Waals surface area contributed by atoms with Gasteiger partial charge in [-0.1, -0.05) is 11.8 Å². The van der Waals surface area contributed by atoms with E-state index < -0.39 is 10.0 Å². The minimum atomic E-state index is -3.53. The van der Waals surface area contributed by atoms with E-state index in [-0.39, 0.29) is 4.90 Å². The van der Waals surface area contributed by atoms with Crippen LogP contribution >= 0.6 is 0 Å². The van der Waals surface area contributed by atoms with E-state index in [4.69, 9.17) is 5.73 Å². The second-order valence-electron chi connectivity index (χ2n) is 6.80. The standard InChI is InChI=1S/C20H24N4O2S/c1-15-6-7-16(20(21)22-15)8-9-17-14-18(27(25,26)23(2)3)10-11-19(17)24-12-4-5-13-24/h6-7,10-11,14H,4-5,12-13H2,1-3H3,(H2,21,22). The number of aromatic nitrogens is 1. The molecule has 1 fully saturated rings. The molecule has 0 unspecified atom stereocenters. The summed E-state index contributed by atoms with van der Waals surface area (Å²) < 4.78 is 26.2. The summed E-state index contributed by atoms with van der Waals surface area (Å²) in [5.74, 6) is 6.56. The highest BCUT2D eigenvalue weighted by atomic mass is 32.2. The van der Waals surface area contributed by atoms with Crippen LogP contribution < -0.4 is 10.6 Å². The van der Waals surface area contributed by atoms with Gasteiger partial charge < -0.3 is 10.6 Å². The molecular formula is C20H24N4O2S. The lowest BCUT2D eigenvalue weighted by Crippen LogP contribution is -2.23. The number of sulfonamides is 1. The Labute approximate surface area is 161 Å². The Bertz CT molecular complexity index is 1010. The minimum Gasteiger partial charge on any atom is -0.383 e. The first-order chi connectivity index (χ1) is 12.8. The molecule has 3 rings (SSSR count). The maximum atomic E-state index is 12.5. The SMILES string of the molecule is Cc1ccc(C#Cc2cc(S(=O)(=O)N(C)C)ccc2N2CCCC2)c(N)n1. The summed E-state index contributed by atoms with van der Waals surface area (Å²) in [5.41, 5.74) is 9.06. The van der Waals surface area contributed by atoms with Gasteiger partial charge in [0.2, 0.25) is 10.0 Å². The van der Waals surface area contributed by atoms with Crippen LogP contribution in [0, 0.1) is 18.8 Å². The van der Waals surface area contributed by atoms with Crippen molar-refractivity contribution in [1.82, 2.24) is 9.29 Å². The van der Waals surface area contributed by atoms with Crippen LogP contribution in [0.25, 0.3) is 0 Å². The van der Waals surface area contributed by atoms with Gasteiger partial charge in [-0.25, -0.2) is 17.7 Å². The Kier molecular flexibility index (Phi) is 5.40. The Morgan fingerprint density at radius 2 is 1.74 bits per heavy atom. The second kappa shape index (κ2) is 7.59. The molecule has 7 heteroatoms. The van der Waals surface area contributed by atoms with E-state index in [2.05, 4.69) is 21.7 Å². The number of nitrogen functional groups attached to an aromatic ring is 1. The topological polar surface area (TPSA) is 79.5 Å². The number of hydrogen-bond donors (Lipinski definition) is 1. The van der Waals surface area contributed by atoms with E-state index in [9.17, 15) is 8.42 Å². The van der Waals surface area contributed by atoms with Gasteiger partial charge in [-0.3, -0.25) is 0 Å². The molecule has 1 aromatic heterocycles. The maximum absolute atomic E-state index is 12.5. The average Bonchev–Trinajstić information content (AvgIpc) is 3.15. The molecular weight excluding hydrogens is 360 g/mol. The van der Waals surface area contributed by atoms with Crippen LogP contribution in [0.2, 0.25) is 0 Å². The zero-order valence-electron chi connectivity index (χ0n) is 15.9. The summed E-state index contributed by atoms with van der Waals surface area (Å²) in [6.45, 7) is 3.76. The van der Waals surface area contributed by atoms with Crippen molar-refractivity contribution in [2.45, 2.75) is 24.7 Å². The van der Waals surface area contributed by atoms with Crippen molar-refractivity contribution >= 4 is 21.5 Å². The fourth-order valence-corrected chi connectivity index (χ4v) is 3.97. The first-order valence-electron chi connectivity index (χ1n) is 8.86. The smallest absolute Gasteiger partial charge is 0.242 e. The van der Waals surface area contributed by atoms with Gasteiger partial charge in [-0.05, 0) is 50.1 Å². The maximum Gasteiger partial charge on any atom is 0.242 e. The Morgan fingerprint density at radius 3 is 2.37 bits per heavy atom. The van der Waals surface area contributed by atoms with E-state index >= 15 is 0 Å². The van der Waals surface area contributed by atoms with Gasteiger partial charge in [0, 0.05) is 38.4 Å². The van der Waals surface area contributed by atoms with E-state index in [0.29, 0.717) is 16.9 Å². The zero-order chi connectivity index (χ0) is 19.6. The molecule has 2 N–H and O–H groups in total. The molecule has 1 aromatic carbocycles. The van der Waals surface area contributed by atoms with E-state index in [1.165, 1.54) is 18.4 Å². The lowest BCUT2D eigenvalue weighted by Gasteiger charge is -2.20. The third-order valence-corrected chi connectivity index (χ3v) is 6.40. The van der Waals surface area contributed by atoms with Gasteiger partial charge in [0.15, 0.2) is 0 Å². The highest BCUT2D eigenvalue weighted by molar-refractivity contribution is 7.89. The predicted molar refractivity (Wildman–Crippen MR) is 108 cm³/mol. The molecule has 0 aliphatic carbocycles. The summed E-state index contributed by atoms with van der Waals surface area (Å²) in [4.78, 5) is 6.70. The van der Waals surface area contributed by atoms with Crippen LogP contribution in [0.5, 0.6) is 0 Å². The number of rotatable bonds is 3. The number of pyridine rings is 1. The fourth-order valence-electron chi connectivity index (χ4n) is 3.04. The summed E-state index contributed by atoms with van der Waals surface area (Å²) in [5, 5.41) is 0. The molecule has 1 saturated heterocycles. The molecule has 0 bridgehead atoms. The normalized spacial score (nSPS) is 14.3. The van der Waals surface area contributed by atoms with Crippen molar-refractivity contribution in [2.24, 2.45) is 0 Å². The number of aryl methyl sites for hydroxylation is 1. The molecule has 2 aromatic rings. The number of nitrogens with zero attached hydrogens (tertiary/aromatic N) is 3. The van der Waals surface area contributed by atoms with Crippen LogP contribution in [0.15, 0.2) is 35.2 Å². The van der Waals surface area contributed by atoms with Crippen LogP contribution in [-0.4, -0.2) is 44.9 Å². The lowest BCUT2D eigenvalue weighted by atomic mass is 10.1. The number of benzene rings is 1. The van der Waals surface area contributed by atoms with Gasteiger partial charge in [-0.15, -0.1) is 0 Å². The van der Waals surface area contributed by atoms with Gasteiger partial charge >= 0.3 is 0 Å². The fraction of sp³-hybridized carbons (Fsp3) is 0.350. The molecule has 0 spiro atoms. The summed E-state index contributed by atoms with van der Waals surface area (Å²) in [7, 11) is -0.483. The molecule has 6 nitrogen and oxygen atoms in total. The van der Waals surface area contributed by atoms with Gasteiger partial charge in [0.25, 0.3) is 0 Å². The average molecular weight is 385 g/mol. The van der Waals surface area contributed by atoms with E-state index in [0.717, 1.165) is 37.3 Å². The van der Waals surface area contributed by atoms with Crippen molar-refractivity contribution in [2.75, 3.05) is 37.8 Å². The van der Waals surface area contributed by atoms with Crippen molar-refractivity contribution < 1.29 is 8.42 Å². The third-order valence-electron chi connectivity index (χ3n) is 4.59. The highest BCUT2D eigenvalue weighted by Crippen LogP contribution is 2.27. The van der Waals surface area contributed by atoms with Crippen molar-refractivity contribution in [3.05, 3.63) is 47.2 Å². The molecule has 0 radical (unpaired) electrons. The highest BCUT2D eigenvalue weighted by Gasteiger charge is 2.21. The summed E-state index contributed by atoms with van der Waals surface area (Å²) in [6, 6.07) is 8.83. The molecule has 142 valence electrons. The Morgan fingerprint density at radius 1 is 1.07 bits per heavy atom. The Balaban J connectivity index is 2.09. The number of hydrogen-bond acceptors (Lipinski definition) is 5. The molecule has 1 aliphatic heterocycles. The van der Waals surface area contributed by atoms with Gasteiger partial charge in [0.05, 0.1) is 16.1 Å². The quantitative estimate of drug-likeness (QED) is 0.821.